The van der Waals surface area contributed by atoms with Gasteiger partial charge in [-0.2, -0.15) is 0 Å². The number of rotatable bonds is 3. The van der Waals surface area contributed by atoms with Gasteiger partial charge in [-0.15, -0.1) is 0 Å². The molecular weight excluding hydrogens is 468 g/mol. The highest BCUT2D eigenvalue weighted by Gasteiger charge is 2.40. The molecule has 1 saturated heterocycles. The van der Waals surface area contributed by atoms with Gasteiger partial charge in [-0.05, 0) is 31.4 Å². The van der Waals surface area contributed by atoms with Gasteiger partial charge in [0.2, 0.25) is 0 Å². The van der Waals surface area contributed by atoms with E-state index in [9.17, 15) is 19.2 Å². The summed E-state index contributed by atoms with van der Waals surface area (Å²) in [6, 6.07) is 1.19. The van der Waals surface area contributed by atoms with E-state index in [0.717, 1.165) is 6.42 Å². The minimum atomic E-state index is -0.796. The van der Waals surface area contributed by atoms with Crippen LogP contribution in [0.5, 0.6) is 11.5 Å². The van der Waals surface area contributed by atoms with Crippen LogP contribution >= 0.6 is 11.6 Å². The Morgan fingerprint density at radius 2 is 1.71 bits per heavy atom. The fraction of sp³-hybridized carbons (Fsp3) is 0.500. The summed E-state index contributed by atoms with van der Waals surface area (Å²) in [7, 11) is 0. The molecule has 34 heavy (non-hydrogen) atoms. The second-order valence-electron chi connectivity index (χ2n) is 8.25. The first-order valence-electron chi connectivity index (χ1n) is 11.0. The normalized spacial score (nSPS) is 24.6. The number of cyclic esters (lactones) is 1. The van der Waals surface area contributed by atoms with E-state index in [2.05, 4.69) is 0 Å². The molecule has 2 aliphatic rings. The van der Waals surface area contributed by atoms with E-state index >= 15 is 0 Å². The number of carbonyl (C=O) groups is 4. The van der Waals surface area contributed by atoms with Crippen LogP contribution in [0.2, 0.25) is 5.02 Å². The van der Waals surface area contributed by atoms with Crippen molar-refractivity contribution >= 4 is 35.5 Å². The first-order chi connectivity index (χ1) is 16.0. The molecule has 1 aromatic rings. The fourth-order valence-corrected chi connectivity index (χ4v) is 4.14. The number of halogens is 1. The molecule has 2 aliphatic heterocycles. The standard InChI is InChI=1S/C24H27ClO9/c1-12-9-19-18(34-19)8-6-5-7-16(31-13(2)26)10-17-22(24(29)30-12)20(32-14(3)27)11-21(23(17)25)33-15(4)28/h5,7,11-12,16,18-19H,6,8-10H2,1-4H3/t12-,16+,18+,19+/m1/s1. The molecule has 0 radical (unpaired) electrons. The van der Waals surface area contributed by atoms with Crippen molar-refractivity contribution < 1.29 is 42.9 Å². The van der Waals surface area contributed by atoms with E-state index in [1.807, 2.05) is 6.08 Å². The third kappa shape index (κ3) is 6.80. The van der Waals surface area contributed by atoms with E-state index < -0.39 is 36.1 Å². The van der Waals surface area contributed by atoms with Gasteiger partial charge >= 0.3 is 23.9 Å². The largest absolute Gasteiger partial charge is 0.459 e. The van der Waals surface area contributed by atoms with Crippen molar-refractivity contribution in [2.24, 2.45) is 0 Å². The summed E-state index contributed by atoms with van der Waals surface area (Å²) in [5.74, 6) is -2.97. The molecule has 0 bridgehead atoms. The van der Waals surface area contributed by atoms with Gasteiger partial charge in [-0.3, -0.25) is 14.4 Å². The summed E-state index contributed by atoms with van der Waals surface area (Å²) >= 11 is 6.55. The Morgan fingerprint density at radius 3 is 2.35 bits per heavy atom. The predicted octanol–water partition coefficient (Wildman–Crippen LogP) is 3.72. The van der Waals surface area contributed by atoms with Gasteiger partial charge in [0.1, 0.15) is 23.5 Å². The number of hydrogen-bond acceptors (Lipinski definition) is 9. The second kappa shape index (κ2) is 11.0. The molecule has 4 atom stereocenters. The molecule has 0 saturated carbocycles. The molecule has 184 valence electrons. The monoisotopic (exact) mass is 494 g/mol. The van der Waals surface area contributed by atoms with Gasteiger partial charge < -0.3 is 23.7 Å². The number of allylic oxidation sites excluding steroid dienone is 1. The number of carbonyl (C=O) groups excluding carboxylic acids is 4. The lowest BCUT2D eigenvalue weighted by atomic mass is 9.98. The molecule has 2 heterocycles. The molecule has 10 heteroatoms. The SMILES string of the molecule is CC(=O)Oc1cc(OC(C)=O)c2c(c1Cl)C[C@@H](OC(C)=O)C=CCC[C@@H]1O[C@H]1C[C@@H](C)OC2=O. The maximum atomic E-state index is 13.3. The van der Waals surface area contributed by atoms with Gasteiger partial charge in [0.25, 0.3) is 0 Å². The highest BCUT2D eigenvalue weighted by atomic mass is 35.5. The second-order valence-corrected chi connectivity index (χ2v) is 8.63. The molecule has 1 fully saturated rings. The first kappa shape index (κ1) is 25.7. The van der Waals surface area contributed by atoms with E-state index in [0.29, 0.717) is 12.8 Å². The van der Waals surface area contributed by atoms with E-state index in [-0.39, 0.29) is 46.3 Å². The lowest BCUT2D eigenvalue weighted by Gasteiger charge is -2.22. The van der Waals surface area contributed by atoms with Crippen molar-refractivity contribution in [2.75, 3.05) is 0 Å². The molecule has 1 aromatic carbocycles. The predicted molar refractivity (Wildman–Crippen MR) is 120 cm³/mol. The number of benzene rings is 1. The summed E-state index contributed by atoms with van der Waals surface area (Å²) in [5, 5.41) is -0.0612. The van der Waals surface area contributed by atoms with Crippen molar-refractivity contribution in [3.05, 3.63) is 34.4 Å². The van der Waals surface area contributed by atoms with E-state index in [4.69, 9.17) is 35.3 Å². The van der Waals surface area contributed by atoms with Crippen molar-refractivity contribution in [3.8, 4) is 11.5 Å². The molecule has 0 aliphatic carbocycles. The van der Waals surface area contributed by atoms with Crippen LogP contribution in [0.1, 0.15) is 62.9 Å². The van der Waals surface area contributed by atoms with Crippen LogP contribution in [0.15, 0.2) is 18.2 Å². The number of ether oxygens (including phenoxy) is 5. The van der Waals surface area contributed by atoms with Crippen molar-refractivity contribution in [1.29, 1.82) is 0 Å². The molecule has 9 nitrogen and oxygen atoms in total. The first-order valence-corrected chi connectivity index (χ1v) is 11.4. The van der Waals surface area contributed by atoms with Crippen molar-refractivity contribution in [1.82, 2.24) is 0 Å². The minimum absolute atomic E-state index is 0.0225. The topological polar surface area (TPSA) is 118 Å². The zero-order valence-corrected chi connectivity index (χ0v) is 20.2. The van der Waals surface area contributed by atoms with Crippen LogP contribution in [-0.2, 0) is 35.0 Å². The fourth-order valence-electron chi connectivity index (χ4n) is 3.87. The van der Waals surface area contributed by atoms with Gasteiger partial charge in [-0.1, -0.05) is 17.7 Å². The van der Waals surface area contributed by atoms with Crippen LogP contribution < -0.4 is 9.47 Å². The van der Waals surface area contributed by atoms with Crippen molar-refractivity contribution in [2.45, 2.75) is 77.8 Å². The number of fused-ring (bicyclic) bond motifs is 2. The summed E-state index contributed by atoms with van der Waals surface area (Å²) in [4.78, 5) is 48.4. The summed E-state index contributed by atoms with van der Waals surface area (Å²) in [6.45, 7) is 5.35. The Labute approximate surface area is 202 Å². The van der Waals surface area contributed by atoms with Gasteiger partial charge in [0, 0.05) is 39.7 Å². The Bertz CT molecular complexity index is 1020. The third-order valence-electron chi connectivity index (χ3n) is 5.25. The van der Waals surface area contributed by atoms with Gasteiger partial charge in [-0.25, -0.2) is 4.79 Å². The molecule has 3 rings (SSSR count). The van der Waals surface area contributed by atoms with Crippen LogP contribution in [0.3, 0.4) is 0 Å². The van der Waals surface area contributed by atoms with Crippen LogP contribution in [-0.4, -0.2) is 48.3 Å². The van der Waals surface area contributed by atoms with E-state index in [1.165, 1.54) is 26.8 Å². The minimum Gasteiger partial charge on any atom is -0.459 e. The lowest BCUT2D eigenvalue weighted by molar-refractivity contribution is -0.144. The van der Waals surface area contributed by atoms with E-state index in [1.54, 1.807) is 13.0 Å². The maximum absolute atomic E-state index is 13.3. The third-order valence-corrected chi connectivity index (χ3v) is 5.67. The smallest absolute Gasteiger partial charge is 0.342 e. The Hall–Kier alpha value is -2.91. The summed E-state index contributed by atoms with van der Waals surface area (Å²) in [6.07, 6.45) is 4.26. The van der Waals surface area contributed by atoms with Gasteiger partial charge in [0.15, 0.2) is 5.75 Å². The Balaban J connectivity index is 2.14. The number of hydrogen-bond donors (Lipinski definition) is 0. The lowest BCUT2D eigenvalue weighted by Crippen LogP contribution is -2.23. The Kier molecular flexibility index (Phi) is 8.33. The van der Waals surface area contributed by atoms with Crippen LogP contribution in [0.25, 0.3) is 0 Å². The quantitative estimate of drug-likeness (QED) is 0.268. The number of esters is 4. The molecule has 0 unspecified atom stereocenters. The highest BCUT2D eigenvalue weighted by molar-refractivity contribution is 6.33. The van der Waals surface area contributed by atoms with Crippen LogP contribution in [0, 0.1) is 0 Å². The molecular formula is C24H27ClO9. The molecule has 0 aromatic heterocycles. The zero-order chi connectivity index (χ0) is 25.0. The molecule has 0 amide bonds. The number of epoxide rings is 1. The average Bonchev–Trinajstić information content (AvgIpc) is 3.43. The van der Waals surface area contributed by atoms with Crippen molar-refractivity contribution in [3.63, 3.8) is 0 Å². The average molecular weight is 495 g/mol. The van der Waals surface area contributed by atoms with Crippen LogP contribution in [0.4, 0.5) is 0 Å². The van der Waals surface area contributed by atoms with Gasteiger partial charge in [0.05, 0.1) is 17.2 Å². The molecule has 0 spiro atoms. The maximum Gasteiger partial charge on any atom is 0.342 e. The highest BCUT2D eigenvalue weighted by Crippen LogP contribution is 2.40. The molecule has 0 N–H and O–H groups in total. The summed E-state index contributed by atoms with van der Waals surface area (Å²) < 4.78 is 27.2. The zero-order valence-electron chi connectivity index (χ0n) is 19.4. The summed E-state index contributed by atoms with van der Waals surface area (Å²) in [5.41, 5.74) is 0.0428. The Morgan fingerprint density at radius 1 is 1.03 bits per heavy atom.